The van der Waals surface area contributed by atoms with Crippen LogP contribution in [0.4, 0.5) is 10.2 Å². The van der Waals surface area contributed by atoms with Gasteiger partial charge in [-0.2, -0.15) is 0 Å². The molecule has 0 radical (unpaired) electrons. The molecule has 0 saturated carbocycles. The van der Waals surface area contributed by atoms with Gasteiger partial charge in [0.1, 0.15) is 11.6 Å². The Morgan fingerprint density at radius 3 is 2.82 bits per heavy atom. The molecule has 88 valence electrons. The van der Waals surface area contributed by atoms with Gasteiger partial charge >= 0.3 is 0 Å². The van der Waals surface area contributed by atoms with Crippen LogP contribution in [0, 0.1) is 5.82 Å². The summed E-state index contributed by atoms with van der Waals surface area (Å²) in [6.45, 7) is 0. The van der Waals surface area contributed by atoms with Crippen LogP contribution in [0.3, 0.4) is 0 Å². The van der Waals surface area contributed by atoms with Crippen molar-refractivity contribution in [2.24, 2.45) is 0 Å². The highest BCUT2D eigenvalue weighted by Gasteiger charge is 2.09. The van der Waals surface area contributed by atoms with E-state index in [-0.39, 0.29) is 10.8 Å². The maximum Gasteiger partial charge on any atom is 0.163 e. The third-order valence-corrected chi connectivity index (χ3v) is 3.05. The Hall–Kier alpha value is -1.20. The molecule has 0 aliphatic rings. The van der Waals surface area contributed by atoms with Gasteiger partial charge in [-0.15, -0.1) is 0 Å². The Balaban J connectivity index is 2.53. The molecule has 0 spiro atoms. The quantitative estimate of drug-likeness (QED) is 0.917. The van der Waals surface area contributed by atoms with E-state index in [2.05, 4.69) is 31.2 Å². The van der Waals surface area contributed by atoms with E-state index in [9.17, 15) is 4.39 Å². The van der Waals surface area contributed by atoms with Gasteiger partial charge in [0, 0.05) is 18.8 Å². The number of nitrogens with one attached hydrogen (secondary N) is 1. The number of halogens is 3. The summed E-state index contributed by atoms with van der Waals surface area (Å²) in [4.78, 5) is 8.42. The summed E-state index contributed by atoms with van der Waals surface area (Å²) >= 11 is 9.26. The second-order valence-corrected chi connectivity index (χ2v) is 4.53. The first-order valence-electron chi connectivity index (χ1n) is 4.77. The molecule has 0 aliphatic carbocycles. The van der Waals surface area contributed by atoms with Gasteiger partial charge in [-0.05, 0) is 34.1 Å². The molecule has 2 rings (SSSR count). The van der Waals surface area contributed by atoms with Gasteiger partial charge in [-0.1, -0.05) is 11.6 Å². The zero-order valence-corrected chi connectivity index (χ0v) is 11.2. The monoisotopic (exact) mass is 315 g/mol. The van der Waals surface area contributed by atoms with Gasteiger partial charge in [0.2, 0.25) is 0 Å². The van der Waals surface area contributed by atoms with Crippen LogP contribution >= 0.6 is 27.5 Å². The zero-order chi connectivity index (χ0) is 12.4. The fraction of sp³-hybridized carbons (Fsp3) is 0.0909. The molecule has 3 nitrogen and oxygen atoms in total. The minimum Gasteiger partial charge on any atom is -0.372 e. The van der Waals surface area contributed by atoms with Crippen molar-refractivity contribution in [2.45, 2.75) is 0 Å². The fourth-order valence-corrected chi connectivity index (χ4v) is 1.98. The number of hydrogen-bond acceptors (Lipinski definition) is 3. The van der Waals surface area contributed by atoms with Crippen molar-refractivity contribution >= 4 is 33.3 Å². The highest BCUT2D eigenvalue weighted by atomic mass is 79.9. The van der Waals surface area contributed by atoms with Gasteiger partial charge < -0.3 is 5.32 Å². The first kappa shape index (κ1) is 12.3. The summed E-state index contributed by atoms with van der Waals surface area (Å²) in [6.07, 6.45) is 1.62. The normalized spacial score (nSPS) is 10.4. The largest absolute Gasteiger partial charge is 0.372 e. The summed E-state index contributed by atoms with van der Waals surface area (Å²) in [5.41, 5.74) is 0.595. The van der Waals surface area contributed by atoms with E-state index in [1.165, 1.54) is 12.1 Å². The summed E-state index contributed by atoms with van der Waals surface area (Å²) in [6, 6.07) is 4.12. The average molecular weight is 317 g/mol. The fourth-order valence-electron chi connectivity index (χ4n) is 1.34. The van der Waals surface area contributed by atoms with Gasteiger partial charge in [0.15, 0.2) is 5.82 Å². The molecular formula is C11H8BrClFN3. The lowest BCUT2D eigenvalue weighted by Crippen LogP contribution is -1.98. The van der Waals surface area contributed by atoms with Gasteiger partial charge in [-0.3, -0.25) is 0 Å². The predicted octanol–water partition coefficient (Wildman–Crippen LogP) is 3.74. The minimum absolute atomic E-state index is 0.286. The van der Waals surface area contributed by atoms with Crippen molar-refractivity contribution < 1.29 is 4.39 Å². The Bertz CT molecular complexity index is 562. The van der Waals surface area contributed by atoms with Crippen molar-refractivity contribution in [3.63, 3.8) is 0 Å². The van der Waals surface area contributed by atoms with E-state index >= 15 is 0 Å². The maximum absolute atomic E-state index is 12.9. The van der Waals surface area contributed by atoms with Gasteiger partial charge in [0.25, 0.3) is 0 Å². The number of aromatic nitrogens is 2. The van der Waals surface area contributed by atoms with Crippen LogP contribution in [0.15, 0.2) is 28.9 Å². The molecule has 1 heterocycles. The molecule has 0 bridgehead atoms. The lowest BCUT2D eigenvalue weighted by atomic mass is 10.2. The summed E-state index contributed by atoms with van der Waals surface area (Å²) in [7, 11) is 1.75. The van der Waals surface area contributed by atoms with E-state index in [1.807, 2.05) is 0 Å². The van der Waals surface area contributed by atoms with Crippen LogP contribution in [0.2, 0.25) is 5.02 Å². The molecule has 0 fully saturated rings. The van der Waals surface area contributed by atoms with E-state index in [0.29, 0.717) is 17.2 Å². The molecule has 0 amide bonds. The maximum atomic E-state index is 12.9. The number of anilines is 1. The van der Waals surface area contributed by atoms with Crippen LogP contribution in [0.5, 0.6) is 0 Å². The molecular weight excluding hydrogens is 308 g/mol. The van der Waals surface area contributed by atoms with Crippen molar-refractivity contribution in [1.82, 2.24) is 9.97 Å². The Morgan fingerprint density at radius 2 is 2.18 bits per heavy atom. The number of hydrogen-bond donors (Lipinski definition) is 1. The van der Waals surface area contributed by atoms with E-state index in [4.69, 9.17) is 11.6 Å². The van der Waals surface area contributed by atoms with Crippen molar-refractivity contribution in [1.29, 1.82) is 0 Å². The lowest BCUT2D eigenvalue weighted by Gasteiger charge is -2.06. The summed E-state index contributed by atoms with van der Waals surface area (Å²) < 4.78 is 13.7. The molecule has 1 N–H and O–H groups in total. The lowest BCUT2D eigenvalue weighted by molar-refractivity contribution is 0.628. The number of benzene rings is 1. The molecule has 0 unspecified atom stereocenters. The Labute approximate surface area is 111 Å². The van der Waals surface area contributed by atoms with E-state index in [1.54, 1.807) is 19.3 Å². The molecule has 2 aromatic rings. The highest BCUT2D eigenvalue weighted by molar-refractivity contribution is 9.10. The van der Waals surface area contributed by atoms with Gasteiger partial charge in [-0.25, -0.2) is 14.4 Å². The van der Waals surface area contributed by atoms with E-state index in [0.717, 1.165) is 4.47 Å². The van der Waals surface area contributed by atoms with Crippen molar-refractivity contribution in [3.8, 4) is 11.4 Å². The third kappa shape index (κ3) is 2.56. The van der Waals surface area contributed by atoms with Gasteiger partial charge in [0.05, 0.1) is 9.50 Å². The third-order valence-electron chi connectivity index (χ3n) is 2.15. The molecule has 17 heavy (non-hydrogen) atoms. The molecule has 0 aliphatic heterocycles. The second-order valence-electron chi connectivity index (χ2n) is 3.26. The summed E-state index contributed by atoms with van der Waals surface area (Å²) in [5, 5.41) is 3.21. The molecule has 6 heteroatoms. The average Bonchev–Trinajstić information content (AvgIpc) is 2.30. The minimum atomic E-state index is -0.385. The first-order valence-corrected chi connectivity index (χ1v) is 5.94. The summed E-state index contributed by atoms with van der Waals surface area (Å²) in [5.74, 6) is 0.711. The Morgan fingerprint density at radius 1 is 1.41 bits per heavy atom. The van der Waals surface area contributed by atoms with Crippen LogP contribution < -0.4 is 5.32 Å². The number of nitrogens with zero attached hydrogens (tertiary/aromatic N) is 2. The molecule has 0 atom stereocenters. The van der Waals surface area contributed by atoms with Crippen LogP contribution in [0.1, 0.15) is 0 Å². The van der Waals surface area contributed by atoms with Crippen LogP contribution in [-0.4, -0.2) is 17.0 Å². The van der Waals surface area contributed by atoms with Crippen LogP contribution in [0.25, 0.3) is 11.4 Å². The highest BCUT2D eigenvalue weighted by Crippen LogP contribution is 2.28. The van der Waals surface area contributed by atoms with Crippen LogP contribution in [-0.2, 0) is 0 Å². The topological polar surface area (TPSA) is 37.8 Å². The van der Waals surface area contributed by atoms with Crippen molar-refractivity contribution in [2.75, 3.05) is 12.4 Å². The molecule has 1 aromatic carbocycles. The SMILES string of the molecule is CNc1nc(-c2ccc(F)cc2Cl)ncc1Br. The standard InChI is InChI=1S/C11H8BrClFN3/c1-15-11-8(12)5-16-10(17-11)7-3-2-6(14)4-9(7)13/h2-5H,1H3,(H,15,16,17). The van der Waals surface area contributed by atoms with E-state index < -0.39 is 0 Å². The zero-order valence-electron chi connectivity index (χ0n) is 8.84. The predicted molar refractivity (Wildman–Crippen MR) is 69.7 cm³/mol. The Kier molecular flexibility index (Phi) is 3.59. The number of rotatable bonds is 2. The van der Waals surface area contributed by atoms with Crippen molar-refractivity contribution in [3.05, 3.63) is 39.7 Å². The smallest absolute Gasteiger partial charge is 0.163 e. The molecule has 1 aromatic heterocycles. The molecule has 0 saturated heterocycles. The second kappa shape index (κ2) is 4.98. The first-order chi connectivity index (χ1) is 8.11.